The maximum atomic E-state index is 14.4. The van der Waals surface area contributed by atoms with Crippen LogP contribution in [0, 0.1) is 11.8 Å². The number of amides is 6. The van der Waals surface area contributed by atoms with Crippen LogP contribution in [0.1, 0.15) is 79.2 Å². The highest BCUT2D eigenvalue weighted by molar-refractivity contribution is 5.98. The van der Waals surface area contributed by atoms with Gasteiger partial charge in [-0.1, -0.05) is 46.2 Å². The van der Waals surface area contributed by atoms with Gasteiger partial charge in [0, 0.05) is 33.5 Å². The van der Waals surface area contributed by atoms with Gasteiger partial charge in [-0.2, -0.15) is 0 Å². The average molecular weight is 741 g/mol. The molecule has 0 aliphatic carbocycles. The Labute approximate surface area is 311 Å². The van der Waals surface area contributed by atoms with Crippen LogP contribution in [0.5, 0.6) is 5.75 Å². The molecule has 6 amide bonds. The number of fused-ring (bicyclic) bond motifs is 2. The number of nitrogens with zero attached hydrogens (tertiary/aromatic N) is 3. The fraction of sp³-hybridized carbons (Fsp3) is 0.658. The lowest BCUT2D eigenvalue weighted by atomic mass is 9.96. The number of likely N-dealkylation sites (N-methyl/N-ethyl adjacent to an activating group) is 1. The summed E-state index contributed by atoms with van der Waals surface area (Å²) in [5.74, 6) is -4.22. The average Bonchev–Trinajstić information content (AvgIpc) is 3.83. The Bertz CT molecular complexity index is 1530. The molecule has 4 rings (SSSR count). The molecule has 15 nitrogen and oxygen atoms in total. The van der Waals surface area contributed by atoms with Crippen LogP contribution in [-0.2, 0) is 44.7 Å². The molecular formula is C38H56N6O9. The fourth-order valence-electron chi connectivity index (χ4n) is 7.34. The highest BCUT2D eigenvalue weighted by Crippen LogP contribution is 2.28. The first-order chi connectivity index (χ1) is 25.1. The van der Waals surface area contributed by atoms with Crippen LogP contribution >= 0.6 is 0 Å². The molecular weight excluding hydrogens is 684 g/mol. The molecule has 3 heterocycles. The van der Waals surface area contributed by atoms with Crippen molar-refractivity contribution in [2.75, 3.05) is 27.2 Å². The molecule has 0 spiro atoms. The Kier molecular flexibility index (Phi) is 13.9. The smallest absolute Gasteiger partial charge is 0.329 e. The molecule has 53 heavy (non-hydrogen) atoms. The van der Waals surface area contributed by atoms with Crippen molar-refractivity contribution in [1.82, 2.24) is 30.7 Å². The number of hydrogen-bond donors (Lipinski definition) is 3. The number of rotatable bonds is 7. The van der Waals surface area contributed by atoms with Crippen molar-refractivity contribution in [2.24, 2.45) is 11.8 Å². The second-order valence-corrected chi connectivity index (χ2v) is 14.8. The van der Waals surface area contributed by atoms with Gasteiger partial charge >= 0.3 is 5.97 Å². The quantitative estimate of drug-likeness (QED) is 0.346. The number of hydrogen-bond acceptors (Lipinski definition) is 9. The van der Waals surface area contributed by atoms with Crippen molar-refractivity contribution in [3.63, 3.8) is 0 Å². The van der Waals surface area contributed by atoms with Crippen LogP contribution in [-0.4, -0.2) is 126 Å². The normalized spacial score (nSPS) is 28.6. The molecule has 3 N–H and O–H groups in total. The van der Waals surface area contributed by atoms with E-state index in [4.69, 9.17) is 9.47 Å². The van der Waals surface area contributed by atoms with Gasteiger partial charge in [-0.25, -0.2) is 4.79 Å². The molecule has 15 heteroatoms. The number of carbonyl (C=O) groups is 7. The Balaban J connectivity index is 1.80. The Morgan fingerprint density at radius 2 is 1.45 bits per heavy atom. The summed E-state index contributed by atoms with van der Waals surface area (Å²) in [5.41, 5.74) is 0.723. The standard InChI is InChI=1S/C38H56N6O9/c1-9-22(4)31-37(50)44-19-11-13-28(44)36(49)43-18-10-12-27(43)35(48)42(7)29(20-25-14-16-26(52-8)17-15-25)33(46)40-30(21(2)3)38(51)53-23(5)32(34(47)41-31)39-24(6)45/h14-17,21-23,27-32H,9-13,18-20H2,1-8H3,(H,39,45)(H,40,46)(H,41,47)/t22-,23+,27-,28-,29-,30-,31+,32-/m0/s1. The minimum atomic E-state index is -1.38. The molecule has 3 aliphatic heterocycles. The lowest BCUT2D eigenvalue weighted by Gasteiger charge is -2.36. The lowest BCUT2D eigenvalue weighted by molar-refractivity contribution is -0.157. The van der Waals surface area contributed by atoms with E-state index in [9.17, 15) is 33.6 Å². The van der Waals surface area contributed by atoms with Crippen LogP contribution in [0.4, 0.5) is 0 Å². The minimum absolute atomic E-state index is 0.0850. The van der Waals surface area contributed by atoms with Gasteiger partial charge in [0.2, 0.25) is 35.4 Å². The van der Waals surface area contributed by atoms with E-state index in [1.807, 2.05) is 13.8 Å². The highest BCUT2D eigenvalue weighted by Gasteiger charge is 2.46. The zero-order valence-electron chi connectivity index (χ0n) is 32.2. The van der Waals surface area contributed by atoms with Crippen molar-refractivity contribution in [3.05, 3.63) is 29.8 Å². The van der Waals surface area contributed by atoms with E-state index < -0.39 is 83.8 Å². The van der Waals surface area contributed by atoms with Gasteiger partial charge in [0.05, 0.1) is 7.11 Å². The molecule has 292 valence electrons. The molecule has 0 bridgehead atoms. The molecule has 1 aromatic carbocycles. The maximum absolute atomic E-state index is 14.4. The van der Waals surface area contributed by atoms with Gasteiger partial charge in [-0.15, -0.1) is 0 Å². The van der Waals surface area contributed by atoms with Crippen LogP contribution < -0.4 is 20.7 Å². The van der Waals surface area contributed by atoms with Crippen LogP contribution in [0.15, 0.2) is 24.3 Å². The molecule has 3 saturated heterocycles. The summed E-state index contributed by atoms with van der Waals surface area (Å²) in [7, 11) is 3.06. The second kappa shape index (κ2) is 17.9. The molecule has 8 atom stereocenters. The van der Waals surface area contributed by atoms with Gasteiger partial charge in [0.15, 0.2) is 0 Å². The van der Waals surface area contributed by atoms with E-state index in [1.54, 1.807) is 45.2 Å². The highest BCUT2D eigenvalue weighted by atomic mass is 16.5. The third-order valence-electron chi connectivity index (χ3n) is 10.8. The van der Waals surface area contributed by atoms with Crippen LogP contribution in [0.25, 0.3) is 0 Å². The van der Waals surface area contributed by atoms with E-state index in [2.05, 4.69) is 16.0 Å². The fourth-order valence-corrected chi connectivity index (χ4v) is 7.34. The molecule has 0 radical (unpaired) electrons. The summed E-state index contributed by atoms with van der Waals surface area (Å²) in [6, 6.07) is 0.623. The Hall–Kier alpha value is -4.69. The first-order valence-electron chi connectivity index (χ1n) is 18.7. The van der Waals surface area contributed by atoms with Crippen LogP contribution in [0.2, 0.25) is 0 Å². The van der Waals surface area contributed by atoms with Gasteiger partial charge < -0.3 is 40.1 Å². The number of cyclic esters (lactones) is 1. The summed E-state index contributed by atoms with van der Waals surface area (Å²) in [4.78, 5) is 101. The third-order valence-corrected chi connectivity index (χ3v) is 10.8. The number of carbonyl (C=O) groups excluding carboxylic acids is 7. The van der Waals surface area contributed by atoms with Gasteiger partial charge in [0.1, 0.15) is 48.1 Å². The van der Waals surface area contributed by atoms with Gasteiger partial charge in [-0.3, -0.25) is 28.8 Å². The number of esters is 1. The van der Waals surface area contributed by atoms with E-state index in [1.165, 1.54) is 35.6 Å². The predicted molar refractivity (Wildman–Crippen MR) is 194 cm³/mol. The molecule has 0 saturated carbocycles. The van der Waals surface area contributed by atoms with E-state index in [0.29, 0.717) is 44.4 Å². The first-order valence-corrected chi connectivity index (χ1v) is 18.7. The lowest BCUT2D eigenvalue weighted by Crippen LogP contribution is -2.61. The monoisotopic (exact) mass is 740 g/mol. The zero-order valence-corrected chi connectivity index (χ0v) is 32.2. The Morgan fingerprint density at radius 1 is 0.887 bits per heavy atom. The number of benzene rings is 1. The predicted octanol–water partition coefficient (Wildman–Crippen LogP) is 1.17. The molecule has 3 fully saturated rings. The number of nitrogens with one attached hydrogen (secondary N) is 3. The number of ether oxygens (including phenoxy) is 2. The summed E-state index contributed by atoms with van der Waals surface area (Å²) < 4.78 is 11.1. The topological polar surface area (TPSA) is 184 Å². The SMILES string of the molecule is CC[C@H](C)[C@H]1NC(=O)[C@@H](NC(C)=O)[C@@H](C)OC(=O)[C@H](C(C)C)NC(=O)[C@H](Cc2ccc(OC)cc2)N(C)C(=O)[C@@H]2CCCN2C(=O)[C@@H]2CCCN2C1=O. The Morgan fingerprint density at radius 3 is 2.00 bits per heavy atom. The second-order valence-electron chi connectivity index (χ2n) is 14.8. The minimum Gasteiger partial charge on any atom is -0.497 e. The molecule has 0 aromatic heterocycles. The van der Waals surface area contributed by atoms with E-state index in [0.717, 1.165) is 5.56 Å². The molecule has 0 unspecified atom stereocenters. The van der Waals surface area contributed by atoms with Crippen LogP contribution in [0.3, 0.4) is 0 Å². The summed E-state index contributed by atoms with van der Waals surface area (Å²) >= 11 is 0. The van der Waals surface area contributed by atoms with Crippen molar-refractivity contribution in [1.29, 1.82) is 0 Å². The maximum Gasteiger partial charge on any atom is 0.329 e. The largest absolute Gasteiger partial charge is 0.497 e. The number of methoxy groups -OCH3 is 1. The zero-order chi connectivity index (χ0) is 39.1. The van der Waals surface area contributed by atoms with Gasteiger partial charge in [0.25, 0.3) is 0 Å². The first kappa shape index (κ1) is 41.1. The summed E-state index contributed by atoms with van der Waals surface area (Å²) in [6.45, 7) is 10.4. The van der Waals surface area contributed by atoms with E-state index in [-0.39, 0.29) is 24.8 Å². The van der Waals surface area contributed by atoms with Crippen molar-refractivity contribution in [2.45, 2.75) is 122 Å². The van der Waals surface area contributed by atoms with Gasteiger partial charge in [-0.05, 0) is 62.1 Å². The molecule has 3 aliphatic rings. The summed E-state index contributed by atoms with van der Waals surface area (Å²) in [5, 5.41) is 8.14. The summed E-state index contributed by atoms with van der Waals surface area (Å²) in [6.07, 6.45) is 1.26. The van der Waals surface area contributed by atoms with Crippen molar-refractivity contribution in [3.8, 4) is 5.75 Å². The van der Waals surface area contributed by atoms with E-state index >= 15 is 0 Å². The third kappa shape index (κ3) is 9.46. The molecule has 1 aromatic rings. The van der Waals surface area contributed by atoms with Crippen molar-refractivity contribution >= 4 is 41.4 Å². The van der Waals surface area contributed by atoms with Crippen molar-refractivity contribution < 1.29 is 43.0 Å².